The van der Waals surface area contributed by atoms with Crippen molar-refractivity contribution in [2.45, 2.75) is 57.1 Å². The van der Waals surface area contributed by atoms with Gasteiger partial charge in [0.05, 0.1) is 10.6 Å². The second-order valence-electron chi connectivity index (χ2n) is 10.8. The molecular formula is C35H38BrN3O4S. The lowest BCUT2D eigenvalue weighted by Crippen LogP contribution is -2.54. The summed E-state index contributed by atoms with van der Waals surface area (Å²) in [6.45, 7) is 5.40. The molecule has 0 aliphatic carbocycles. The van der Waals surface area contributed by atoms with E-state index in [-0.39, 0.29) is 29.8 Å². The van der Waals surface area contributed by atoms with Crippen molar-refractivity contribution in [1.29, 1.82) is 0 Å². The summed E-state index contributed by atoms with van der Waals surface area (Å²) in [7, 11) is -4.13. The normalized spacial score (nSPS) is 12.6. The van der Waals surface area contributed by atoms with Crippen LogP contribution >= 0.6 is 15.9 Å². The number of carbonyl (C=O) groups is 2. The van der Waals surface area contributed by atoms with Crippen LogP contribution in [-0.4, -0.2) is 43.8 Å². The van der Waals surface area contributed by atoms with E-state index >= 15 is 0 Å². The maximum absolute atomic E-state index is 14.5. The number of amides is 2. The number of carbonyl (C=O) groups excluding carboxylic acids is 2. The van der Waals surface area contributed by atoms with Gasteiger partial charge in [-0.15, -0.1) is 0 Å². The zero-order valence-corrected chi connectivity index (χ0v) is 27.6. The number of halogens is 1. The highest BCUT2D eigenvalue weighted by molar-refractivity contribution is 9.10. The van der Waals surface area contributed by atoms with Gasteiger partial charge in [0.2, 0.25) is 11.8 Å². The van der Waals surface area contributed by atoms with Gasteiger partial charge in [-0.2, -0.15) is 0 Å². The van der Waals surface area contributed by atoms with Crippen molar-refractivity contribution in [3.8, 4) is 0 Å². The van der Waals surface area contributed by atoms with Crippen LogP contribution < -0.4 is 9.62 Å². The minimum Gasteiger partial charge on any atom is -0.352 e. The molecule has 2 atom stereocenters. The van der Waals surface area contributed by atoms with Gasteiger partial charge in [0.15, 0.2) is 0 Å². The molecule has 1 N–H and O–H groups in total. The number of aryl methyl sites for hydroxylation is 1. The number of hydrogen-bond donors (Lipinski definition) is 1. The minimum absolute atomic E-state index is 0.0733. The fourth-order valence-corrected chi connectivity index (χ4v) is 6.50. The summed E-state index contributed by atoms with van der Waals surface area (Å²) < 4.78 is 30.1. The van der Waals surface area contributed by atoms with Crippen LogP contribution in [0.3, 0.4) is 0 Å². The number of nitrogens with zero attached hydrogens (tertiary/aromatic N) is 2. The minimum atomic E-state index is -4.13. The van der Waals surface area contributed by atoms with Gasteiger partial charge in [-0.25, -0.2) is 8.42 Å². The van der Waals surface area contributed by atoms with Crippen molar-refractivity contribution in [1.82, 2.24) is 10.2 Å². The molecule has 230 valence electrons. The Morgan fingerprint density at radius 1 is 0.841 bits per heavy atom. The Hall–Kier alpha value is -3.95. The second kappa shape index (κ2) is 15.2. The molecule has 0 aromatic heterocycles. The molecule has 0 saturated carbocycles. The molecule has 0 bridgehead atoms. The van der Waals surface area contributed by atoms with E-state index < -0.39 is 28.5 Å². The summed E-state index contributed by atoms with van der Waals surface area (Å²) in [4.78, 5) is 29.9. The lowest BCUT2D eigenvalue weighted by atomic mass is 10.0. The Kier molecular flexibility index (Phi) is 11.4. The number of sulfonamides is 1. The summed E-state index contributed by atoms with van der Waals surface area (Å²) >= 11 is 3.46. The van der Waals surface area contributed by atoms with Gasteiger partial charge in [0, 0.05) is 23.5 Å². The average molecular weight is 677 g/mol. The molecule has 9 heteroatoms. The average Bonchev–Trinajstić information content (AvgIpc) is 3.03. The highest BCUT2D eigenvalue weighted by Crippen LogP contribution is 2.26. The van der Waals surface area contributed by atoms with E-state index in [4.69, 9.17) is 0 Å². The van der Waals surface area contributed by atoms with E-state index in [2.05, 4.69) is 21.2 Å². The largest absolute Gasteiger partial charge is 0.352 e. The molecule has 0 aliphatic rings. The van der Waals surface area contributed by atoms with Gasteiger partial charge in [-0.3, -0.25) is 13.9 Å². The molecule has 0 spiro atoms. The molecule has 4 aromatic rings. The summed E-state index contributed by atoms with van der Waals surface area (Å²) in [5, 5.41) is 3.06. The lowest BCUT2D eigenvalue weighted by Gasteiger charge is -2.34. The number of rotatable bonds is 13. The van der Waals surface area contributed by atoms with Crippen molar-refractivity contribution in [2.24, 2.45) is 0 Å². The zero-order chi connectivity index (χ0) is 31.7. The topological polar surface area (TPSA) is 86.8 Å². The third-order valence-electron chi connectivity index (χ3n) is 7.44. The van der Waals surface area contributed by atoms with E-state index in [1.807, 2.05) is 81.4 Å². The molecule has 0 unspecified atom stereocenters. The lowest BCUT2D eigenvalue weighted by molar-refractivity contribution is -0.140. The van der Waals surface area contributed by atoms with E-state index in [0.29, 0.717) is 5.69 Å². The van der Waals surface area contributed by atoms with Crippen LogP contribution in [0.1, 0.15) is 37.0 Å². The van der Waals surface area contributed by atoms with Crippen molar-refractivity contribution < 1.29 is 18.0 Å². The van der Waals surface area contributed by atoms with Crippen LogP contribution in [0.4, 0.5) is 5.69 Å². The maximum Gasteiger partial charge on any atom is 0.264 e. The zero-order valence-electron chi connectivity index (χ0n) is 25.2. The second-order valence-corrected chi connectivity index (χ2v) is 13.6. The molecule has 7 nitrogen and oxygen atoms in total. The molecule has 0 heterocycles. The first-order valence-electron chi connectivity index (χ1n) is 14.6. The Balaban J connectivity index is 1.80. The van der Waals surface area contributed by atoms with Crippen LogP contribution in [0.2, 0.25) is 0 Å². The van der Waals surface area contributed by atoms with Crippen LogP contribution in [0.25, 0.3) is 0 Å². The Bertz CT molecular complexity index is 1650. The third-order valence-corrected chi connectivity index (χ3v) is 9.75. The van der Waals surface area contributed by atoms with Gasteiger partial charge in [0.25, 0.3) is 10.0 Å². The van der Waals surface area contributed by atoms with Gasteiger partial charge in [-0.05, 0) is 73.4 Å². The molecule has 44 heavy (non-hydrogen) atoms. The van der Waals surface area contributed by atoms with E-state index in [1.165, 1.54) is 17.0 Å². The highest BCUT2D eigenvalue weighted by Gasteiger charge is 2.35. The molecule has 4 aromatic carbocycles. The summed E-state index contributed by atoms with van der Waals surface area (Å²) in [6, 6.07) is 31.2. The highest BCUT2D eigenvalue weighted by atomic mass is 79.9. The third kappa shape index (κ3) is 8.57. The Labute approximate surface area is 269 Å². The monoisotopic (exact) mass is 675 g/mol. The molecule has 0 fully saturated rings. The summed E-state index contributed by atoms with van der Waals surface area (Å²) in [5.74, 6) is -0.782. The quantitative estimate of drug-likeness (QED) is 0.175. The molecule has 0 radical (unpaired) electrons. The number of anilines is 1. The van der Waals surface area contributed by atoms with Gasteiger partial charge >= 0.3 is 0 Å². The molecule has 4 rings (SSSR count). The van der Waals surface area contributed by atoms with E-state index in [9.17, 15) is 18.0 Å². The van der Waals surface area contributed by atoms with E-state index in [0.717, 1.165) is 31.9 Å². The number of nitrogens with one attached hydrogen (secondary N) is 1. The number of benzene rings is 4. The van der Waals surface area contributed by atoms with Crippen molar-refractivity contribution in [3.05, 3.63) is 130 Å². The first kappa shape index (κ1) is 33.0. The fourth-order valence-electron chi connectivity index (χ4n) is 4.81. The molecule has 0 aliphatic heterocycles. The predicted octanol–water partition coefficient (Wildman–Crippen LogP) is 6.51. The maximum atomic E-state index is 14.5. The van der Waals surface area contributed by atoms with Crippen molar-refractivity contribution >= 4 is 43.5 Å². The Morgan fingerprint density at radius 3 is 2.09 bits per heavy atom. The SMILES string of the molecule is CC[C@@H](C)NC(=O)[C@@H](Cc1ccccc1)N(Cc1ccc(Br)cc1)C(=O)CN(c1cccc(C)c1)S(=O)(=O)c1ccccc1. The van der Waals surface area contributed by atoms with Crippen molar-refractivity contribution in [2.75, 3.05) is 10.8 Å². The number of hydrogen-bond acceptors (Lipinski definition) is 4. The van der Waals surface area contributed by atoms with Crippen LogP contribution in [-0.2, 0) is 32.6 Å². The van der Waals surface area contributed by atoms with Crippen LogP contribution in [0.5, 0.6) is 0 Å². The van der Waals surface area contributed by atoms with Crippen LogP contribution in [0, 0.1) is 6.92 Å². The summed E-state index contributed by atoms with van der Waals surface area (Å²) in [5.41, 5.74) is 2.92. The van der Waals surface area contributed by atoms with Gasteiger partial charge < -0.3 is 10.2 Å². The Morgan fingerprint density at radius 2 is 1.48 bits per heavy atom. The molecule has 2 amide bonds. The smallest absolute Gasteiger partial charge is 0.264 e. The van der Waals surface area contributed by atoms with Gasteiger partial charge in [0.1, 0.15) is 12.6 Å². The molecule has 0 saturated heterocycles. The fraction of sp³-hybridized carbons (Fsp3) is 0.257. The van der Waals surface area contributed by atoms with E-state index in [1.54, 1.807) is 36.4 Å². The summed E-state index contributed by atoms with van der Waals surface area (Å²) in [6.07, 6.45) is 0.988. The van der Waals surface area contributed by atoms with Gasteiger partial charge in [-0.1, -0.05) is 95.7 Å². The van der Waals surface area contributed by atoms with Crippen molar-refractivity contribution in [3.63, 3.8) is 0 Å². The predicted molar refractivity (Wildman–Crippen MR) is 179 cm³/mol. The molecular weight excluding hydrogens is 638 g/mol. The first-order valence-corrected chi connectivity index (χ1v) is 16.8. The first-order chi connectivity index (χ1) is 21.1. The standard InChI is InChI=1S/C35H38BrN3O4S/c1-4-27(3)37-35(41)33(23-28-13-7-5-8-14-28)38(24-29-18-20-30(36)21-19-29)34(40)25-39(31-15-11-12-26(2)22-31)44(42,43)32-16-9-6-10-17-32/h5-22,27,33H,4,23-25H2,1-3H3,(H,37,41)/t27-,33-/m1/s1. The van der Waals surface area contributed by atoms with Crippen LogP contribution in [0.15, 0.2) is 119 Å².